The molecule has 1 aromatic rings. The summed E-state index contributed by atoms with van der Waals surface area (Å²) in [6, 6.07) is 0. The number of aromatic nitrogens is 2. The number of thioether (sulfide) groups is 1. The van der Waals surface area contributed by atoms with Crippen LogP contribution >= 0.6 is 11.8 Å². The lowest BCUT2D eigenvalue weighted by molar-refractivity contribution is -0.0328. The molecule has 0 aromatic carbocycles. The monoisotopic (exact) mass is 254 g/mol. The molecule has 0 saturated heterocycles. The Balaban J connectivity index is 2.52. The fourth-order valence-electron chi connectivity index (χ4n) is 1.29. The third kappa shape index (κ3) is 3.96. The number of alkyl halides is 3. The van der Waals surface area contributed by atoms with Crippen LogP contribution in [0.2, 0.25) is 0 Å². The summed E-state index contributed by atoms with van der Waals surface area (Å²) in [7, 11) is 0. The normalized spacial score (nSPS) is 12.0. The maximum atomic E-state index is 11.9. The number of nitrogens with zero attached hydrogens (tertiary/aromatic N) is 2. The van der Waals surface area contributed by atoms with Crippen LogP contribution in [0.4, 0.5) is 13.2 Å². The number of hydrogen-bond donors (Lipinski definition) is 0. The number of halogens is 3. The van der Waals surface area contributed by atoms with Crippen molar-refractivity contribution in [3.63, 3.8) is 0 Å². The van der Waals surface area contributed by atoms with E-state index in [1.807, 2.05) is 6.92 Å². The van der Waals surface area contributed by atoms with E-state index in [-0.39, 0.29) is 29.7 Å². The van der Waals surface area contributed by atoms with Crippen LogP contribution in [0.25, 0.3) is 0 Å². The van der Waals surface area contributed by atoms with Crippen molar-refractivity contribution in [1.82, 2.24) is 9.13 Å². The van der Waals surface area contributed by atoms with E-state index < -0.39 is 5.51 Å². The molecule has 0 atom stereocenters. The summed E-state index contributed by atoms with van der Waals surface area (Å²) < 4.78 is 38.4. The van der Waals surface area contributed by atoms with Gasteiger partial charge in [0.15, 0.2) is 0 Å². The van der Waals surface area contributed by atoms with Gasteiger partial charge in [0.1, 0.15) is 0 Å². The van der Waals surface area contributed by atoms with E-state index in [0.717, 1.165) is 6.42 Å². The van der Waals surface area contributed by atoms with Gasteiger partial charge in [0.2, 0.25) is 0 Å². The van der Waals surface area contributed by atoms with Gasteiger partial charge in [0.05, 0.1) is 0 Å². The van der Waals surface area contributed by atoms with Gasteiger partial charge in [-0.2, -0.15) is 13.2 Å². The molecule has 0 aliphatic rings. The highest BCUT2D eigenvalue weighted by Gasteiger charge is 2.27. The van der Waals surface area contributed by atoms with Gasteiger partial charge >= 0.3 is 11.2 Å². The minimum absolute atomic E-state index is 0.0831. The molecule has 0 amide bonds. The summed E-state index contributed by atoms with van der Waals surface area (Å²) in [4.78, 5) is 11.5. The largest absolute Gasteiger partial charge is 0.441 e. The first kappa shape index (κ1) is 13.2. The topological polar surface area (TPSA) is 26.9 Å². The van der Waals surface area contributed by atoms with E-state index in [2.05, 4.69) is 0 Å². The van der Waals surface area contributed by atoms with Crippen molar-refractivity contribution in [2.75, 3.05) is 5.75 Å². The predicted octanol–water partition coefficient (Wildman–Crippen LogP) is 2.31. The first-order valence-corrected chi connectivity index (χ1v) is 5.89. The Labute approximate surface area is 95.3 Å². The summed E-state index contributed by atoms with van der Waals surface area (Å²) in [6.07, 6.45) is 3.94. The van der Waals surface area contributed by atoms with Crippen molar-refractivity contribution >= 4 is 11.8 Å². The zero-order chi connectivity index (χ0) is 12.2. The number of hydrogen-bond acceptors (Lipinski definition) is 2. The molecular weight excluding hydrogens is 241 g/mol. The quantitative estimate of drug-likeness (QED) is 0.806. The van der Waals surface area contributed by atoms with Crippen molar-refractivity contribution < 1.29 is 13.2 Å². The maximum absolute atomic E-state index is 11.9. The first-order valence-electron chi connectivity index (χ1n) is 4.90. The van der Waals surface area contributed by atoms with Crippen molar-refractivity contribution in [3.8, 4) is 0 Å². The Kier molecular flexibility index (Phi) is 4.52. The number of rotatable bonds is 5. The fraction of sp³-hybridized carbons (Fsp3) is 0.667. The van der Waals surface area contributed by atoms with Crippen LogP contribution in [0, 0.1) is 0 Å². The van der Waals surface area contributed by atoms with Gasteiger partial charge in [-0.15, -0.1) is 0 Å². The summed E-state index contributed by atoms with van der Waals surface area (Å²) in [5.74, 6) is -0.139. The Morgan fingerprint density at radius 3 is 2.31 bits per heavy atom. The van der Waals surface area contributed by atoms with Gasteiger partial charge in [-0.05, 0) is 18.2 Å². The minimum atomic E-state index is -4.23. The Hall–Kier alpha value is -0.850. The zero-order valence-electron chi connectivity index (χ0n) is 8.83. The Morgan fingerprint density at radius 2 is 1.81 bits per heavy atom. The second-order valence-corrected chi connectivity index (χ2v) is 4.42. The summed E-state index contributed by atoms with van der Waals surface area (Å²) in [6.45, 7) is 2.61. The van der Waals surface area contributed by atoms with Gasteiger partial charge in [-0.3, -0.25) is 9.13 Å². The number of aryl methyl sites for hydroxylation is 2. The highest BCUT2D eigenvalue weighted by Crippen LogP contribution is 2.29. The van der Waals surface area contributed by atoms with E-state index in [9.17, 15) is 18.0 Å². The van der Waals surface area contributed by atoms with E-state index in [4.69, 9.17) is 0 Å². The fourth-order valence-corrected chi connectivity index (χ4v) is 1.81. The molecule has 0 saturated carbocycles. The molecule has 16 heavy (non-hydrogen) atoms. The van der Waals surface area contributed by atoms with Crippen LogP contribution in [-0.2, 0) is 13.1 Å². The van der Waals surface area contributed by atoms with Crippen LogP contribution in [0.5, 0.6) is 0 Å². The molecule has 0 N–H and O–H groups in total. The van der Waals surface area contributed by atoms with Crippen molar-refractivity contribution in [2.24, 2.45) is 0 Å². The molecule has 1 rings (SSSR count). The summed E-state index contributed by atoms with van der Waals surface area (Å²) in [5, 5.41) is 0. The first-order chi connectivity index (χ1) is 7.44. The molecule has 0 radical (unpaired) electrons. The lowest BCUT2D eigenvalue weighted by Gasteiger charge is -2.05. The molecule has 0 aliphatic heterocycles. The average molecular weight is 254 g/mol. The van der Waals surface area contributed by atoms with E-state index in [1.54, 1.807) is 6.20 Å². The van der Waals surface area contributed by atoms with Crippen LogP contribution in [-0.4, -0.2) is 20.4 Å². The van der Waals surface area contributed by atoms with Gasteiger partial charge < -0.3 is 0 Å². The molecule has 1 aromatic heterocycles. The van der Waals surface area contributed by atoms with Crippen molar-refractivity contribution in [1.29, 1.82) is 0 Å². The van der Waals surface area contributed by atoms with E-state index in [0.29, 0.717) is 6.54 Å². The molecule has 1 heterocycles. The molecule has 0 aliphatic carbocycles. The molecule has 92 valence electrons. The maximum Gasteiger partial charge on any atom is 0.441 e. The average Bonchev–Trinajstić information content (AvgIpc) is 2.48. The molecular formula is C9H13F3N2OS. The van der Waals surface area contributed by atoms with Crippen LogP contribution in [0.1, 0.15) is 13.3 Å². The van der Waals surface area contributed by atoms with Crippen LogP contribution in [0.15, 0.2) is 17.2 Å². The molecule has 3 nitrogen and oxygen atoms in total. The predicted molar refractivity (Wildman–Crippen MR) is 57.5 cm³/mol. The molecule has 0 spiro atoms. The SMILES string of the molecule is CCCn1ccn(CCSC(F)(F)F)c1=O. The molecule has 0 bridgehead atoms. The van der Waals surface area contributed by atoms with Crippen molar-refractivity contribution in [3.05, 3.63) is 22.9 Å². The minimum Gasteiger partial charge on any atom is -0.299 e. The van der Waals surface area contributed by atoms with Gasteiger partial charge in [0.25, 0.3) is 0 Å². The third-order valence-electron chi connectivity index (χ3n) is 1.98. The van der Waals surface area contributed by atoms with Crippen LogP contribution < -0.4 is 5.69 Å². The molecule has 0 fully saturated rings. The summed E-state index contributed by atoms with van der Waals surface area (Å²) >= 11 is -0.109. The number of imidazole rings is 1. The van der Waals surface area contributed by atoms with Gasteiger partial charge in [-0.1, -0.05) is 6.92 Å². The standard InChI is InChI=1S/C9H13F3N2OS/c1-2-3-13-4-5-14(8(13)15)6-7-16-9(10,11)12/h4-5H,2-3,6-7H2,1H3. The van der Waals surface area contributed by atoms with Gasteiger partial charge in [-0.25, -0.2) is 4.79 Å². The zero-order valence-corrected chi connectivity index (χ0v) is 9.64. The van der Waals surface area contributed by atoms with Crippen molar-refractivity contribution in [2.45, 2.75) is 31.9 Å². The third-order valence-corrected chi connectivity index (χ3v) is 2.69. The molecule has 7 heteroatoms. The Morgan fingerprint density at radius 1 is 1.25 bits per heavy atom. The van der Waals surface area contributed by atoms with E-state index in [1.165, 1.54) is 15.3 Å². The van der Waals surface area contributed by atoms with Gasteiger partial charge in [0, 0.05) is 31.2 Å². The summed E-state index contributed by atoms with van der Waals surface area (Å²) in [5.41, 5.74) is -4.47. The Bertz CT molecular complexity index is 383. The lowest BCUT2D eigenvalue weighted by Crippen LogP contribution is -2.25. The highest BCUT2D eigenvalue weighted by atomic mass is 32.2. The highest BCUT2D eigenvalue weighted by molar-refractivity contribution is 8.00. The van der Waals surface area contributed by atoms with Crippen LogP contribution in [0.3, 0.4) is 0 Å². The van der Waals surface area contributed by atoms with E-state index >= 15 is 0 Å². The smallest absolute Gasteiger partial charge is 0.299 e. The lowest BCUT2D eigenvalue weighted by atomic mass is 10.5. The molecule has 0 unspecified atom stereocenters. The second-order valence-electron chi connectivity index (χ2n) is 3.26. The second kappa shape index (κ2) is 5.47.